The maximum absolute atomic E-state index is 13.9. The summed E-state index contributed by atoms with van der Waals surface area (Å²) in [5.74, 6) is -4.39. The zero-order valence-corrected chi connectivity index (χ0v) is 24.8. The summed E-state index contributed by atoms with van der Waals surface area (Å²) in [5, 5.41) is 15.8. The molecule has 3 unspecified atom stereocenters. The summed E-state index contributed by atoms with van der Waals surface area (Å²) in [6.45, 7) is -0.160. The lowest BCUT2D eigenvalue weighted by Gasteiger charge is -2.34. The molecule has 2 aliphatic rings. The van der Waals surface area contributed by atoms with Gasteiger partial charge in [-0.2, -0.15) is 0 Å². The van der Waals surface area contributed by atoms with E-state index < -0.39 is 47.5 Å². The SMILES string of the molecule is CNC(=O)C(Cc1ccc(OC)cc1)NC(=O)C(C1CCCCC1)C(CCN1C(=O)c2ccc(OC)cc2C1=O)C(=O)O. The summed E-state index contributed by atoms with van der Waals surface area (Å²) in [4.78, 5) is 66.7. The molecule has 0 bridgehead atoms. The van der Waals surface area contributed by atoms with Gasteiger partial charge in [-0.15, -0.1) is 0 Å². The number of imide groups is 1. The van der Waals surface area contributed by atoms with Gasteiger partial charge in [0.2, 0.25) is 11.8 Å². The van der Waals surface area contributed by atoms with Gasteiger partial charge in [0.15, 0.2) is 0 Å². The number of nitrogens with one attached hydrogen (secondary N) is 2. The first-order valence-corrected chi connectivity index (χ1v) is 14.6. The number of aliphatic carboxylic acids is 1. The summed E-state index contributed by atoms with van der Waals surface area (Å²) >= 11 is 0. The van der Waals surface area contributed by atoms with Crippen molar-refractivity contribution in [2.24, 2.45) is 17.8 Å². The molecular formula is C32H39N3O8. The summed E-state index contributed by atoms with van der Waals surface area (Å²) in [5.41, 5.74) is 1.22. The molecule has 43 heavy (non-hydrogen) atoms. The van der Waals surface area contributed by atoms with Gasteiger partial charge in [-0.05, 0) is 61.1 Å². The molecular weight excluding hydrogens is 554 g/mol. The lowest BCUT2D eigenvalue weighted by atomic mass is 9.72. The molecule has 230 valence electrons. The first-order valence-electron chi connectivity index (χ1n) is 14.6. The van der Waals surface area contributed by atoms with Gasteiger partial charge in [0, 0.05) is 20.0 Å². The Balaban J connectivity index is 1.55. The highest BCUT2D eigenvalue weighted by Gasteiger charge is 2.43. The molecule has 3 N–H and O–H groups in total. The molecule has 0 saturated heterocycles. The molecule has 4 amide bonds. The van der Waals surface area contributed by atoms with Crippen molar-refractivity contribution in [2.45, 2.75) is 51.0 Å². The quantitative estimate of drug-likeness (QED) is 0.300. The molecule has 1 heterocycles. The molecule has 0 aromatic heterocycles. The topological polar surface area (TPSA) is 151 Å². The summed E-state index contributed by atoms with van der Waals surface area (Å²) in [7, 11) is 4.49. The fourth-order valence-corrected chi connectivity index (χ4v) is 6.19. The summed E-state index contributed by atoms with van der Waals surface area (Å²) < 4.78 is 10.4. The Morgan fingerprint density at radius 3 is 2.14 bits per heavy atom. The molecule has 11 nitrogen and oxygen atoms in total. The normalized spacial score (nSPS) is 17.0. The van der Waals surface area contributed by atoms with Crippen molar-refractivity contribution in [3.05, 3.63) is 59.2 Å². The molecule has 0 radical (unpaired) electrons. The Morgan fingerprint density at radius 2 is 1.53 bits per heavy atom. The van der Waals surface area contributed by atoms with Crippen molar-refractivity contribution in [2.75, 3.05) is 27.8 Å². The third-order valence-corrected chi connectivity index (χ3v) is 8.53. The lowest BCUT2D eigenvalue weighted by Crippen LogP contribution is -2.52. The van der Waals surface area contributed by atoms with Crippen LogP contribution in [0.3, 0.4) is 0 Å². The number of carboxylic acid groups (broad SMARTS) is 1. The predicted octanol–water partition coefficient (Wildman–Crippen LogP) is 3.06. The van der Waals surface area contributed by atoms with Gasteiger partial charge >= 0.3 is 5.97 Å². The number of carbonyl (C=O) groups excluding carboxylic acids is 4. The average Bonchev–Trinajstić information content (AvgIpc) is 3.26. The van der Waals surface area contributed by atoms with E-state index in [9.17, 15) is 29.1 Å². The van der Waals surface area contributed by atoms with Crippen molar-refractivity contribution in [1.82, 2.24) is 15.5 Å². The van der Waals surface area contributed by atoms with Crippen LogP contribution in [0.5, 0.6) is 11.5 Å². The Labute approximate surface area is 250 Å². The van der Waals surface area contributed by atoms with Crippen LogP contribution in [0.15, 0.2) is 42.5 Å². The molecule has 2 aromatic rings. The maximum Gasteiger partial charge on any atom is 0.307 e. The second-order valence-corrected chi connectivity index (χ2v) is 11.1. The number of methoxy groups -OCH3 is 2. The van der Waals surface area contributed by atoms with Gasteiger partial charge in [-0.25, -0.2) is 0 Å². The van der Waals surface area contributed by atoms with Crippen molar-refractivity contribution in [1.29, 1.82) is 0 Å². The second-order valence-electron chi connectivity index (χ2n) is 11.1. The third-order valence-electron chi connectivity index (χ3n) is 8.53. The van der Waals surface area contributed by atoms with Crippen LogP contribution in [0.1, 0.15) is 64.8 Å². The third kappa shape index (κ3) is 7.15. The Bertz CT molecular complexity index is 1350. The van der Waals surface area contributed by atoms with E-state index >= 15 is 0 Å². The monoisotopic (exact) mass is 593 g/mol. The number of amides is 4. The Morgan fingerprint density at radius 1 is 0.907 bits per heavy atom. The van der Waals surface area contributed by atoms with Gasteiger partial charge in [-0.3, -0.25) is 28.9 Å². The Hall–Kier alpha value is -4.41. The molecule has 1 aliphatic heterocycles. The molecule has 0 spiro atoms. The van der Waals surface area contributed by atoms with Gasteiger partial charge < -0.3 is 25.2 Å². The van der Waals surface area contributed by atoms with E-state index in [-0.39, 0.29) is 36.4 Å². The van der Waals surface area contributed by atoms with Crippen LogP contribution in [0.4, 0.5) is 0 Å². The number of benzene rings is 2. The van der Waals surface area contributed by atoms with E-state index in [1.807, 2.05) is 0 Å². The minimum atomic E-state index is -1.18. The van der Waals surface area contributed by atoms with Crippen LogP contribution in [-0.4, -0.2) is 73.5 Å². The average molecular weight is 594 g/mol. The number of rotatable bonds is 13. The number of hydrogen-bond acceptors (Lipinski definition) is 7. The van der Waals surface area contributed by atoms with Crippen molar-refractivity contribution in [3.8, 4) is 11.5 Å². The van der Waals surface area contributed by atoms with Crippen molar-refractivity contribution < 1.29 is 38.6 Å². The Kier molecular flexibility index (Phi) is 10.4. The zero-order chi connectivity index (χ0) is 31.1. The first kappa shape index (κ1) is 31.5. The van der Waals surface area contributed by atoms with E-state index in [4.69, 9.17) is 9.47 Å². The van der Waals surface area contributed by atoms with E-state index in [2.05, 4.69) is 10.6 Å². The number of ether oxygens (including phenoxy) is 2. The minimum absolute atomic E-state index is 0.102. The smallest absolute Gasteiger partial charge is 0.307 e. The lowest BCUT2D eigenvalue weighted by molar-refractivity contribution is -0.150. The van der Waals surface area contributed by atoms with Gasteiger partial charge in [0.05, 0.1) is 37.2 Å². The van der Waals surface area contributed by atoms with E-state index in [1.54, 1.807) is 37.4 Å². The van der Waals surface area contributed by atoms with Gasteiger partial charge in [0.25, 0.3) is 11.8 Å². The molecule has 11 heteroatoms. The van der Waals surface area contributed by atoms with Gasteiger partial charge in [0.1, 0.15) is 17.5 Å². The largest absolute Gasteiger partial charge is 0.497 e. The van der Waals surface area contributed by atoms with Crippen molar-refractivity contribution >= 4 is 29.6 Å². The number of hydrogen-bond donors (Lipinski definition) is 3. The minimum Gasteiger partial charge on any atom is -0.497 e. The highest BCUT2D eigenvalue weighted by Crippen LogP contribution is 2.37. The van der Waals surface area contributed by atoms with Crippen LogP contribution in [0.25, 0.3) is 0 Å². The fourth-order valence-electron chi connectivity index (χ4n) is 6.19. The van der Waals surface area contributed by atoms with Crippen LogP contribution in [0.2, 0.25) is 0 Å². The zero-order valence-electron chi connectivity index (χ0n) is 24.8. The number of carbonyl (C=O) groups is 5. The summed E-state index contributed by atoms with van der Waals surface area (Å²) in [6, 6.07) is 10.8. The highest BCUT2D eigenvalue weighted by atomic mass is 16.5. The molecule has 1 fully saturated rings. The van der Waals surface area contributed by atoms with E-state index in [0.29, 0.717) is 24.3 Å². The number of likely N-dealkylation sites (N-methyl/N-ethyl adjacent to an activating group) is 1. The standard InChI is InChI=1S/C32H39N3O8/c1-33-28(36)26(17-19-9-11-21(42-2)12-10-19)34-29(37)27(20-7-5-4-6-8-20)24(32(40)41)15-16-35-30(38)23-14-13-22(43-3)18-25(23)31(35)39/h9-14,18,20,24,26-27H,4-8,15-17H2,1-3H3,(H,33,36)(H,34,37)(H,40,41). The molecule has 4 rings (SSSR count). The molecule has 1 aliphatic carbocycles. The van der Waals surface area contributed by atoms with Crippen LogP contribution < -0.4 is 20.1 Å². The van der Waals surface area contributed by atoms with E-state index in [1.165, 1.54) is 26.3 Å². The van der Waals surface area contributed by atoms with E-state index in [0.717, 1.165) is 29.7 Å². The number of fused-ring (bicyclic) bond motifs is 1. The second kappa shape index (κ2) is 14.2. The first-order chi connectivity index (χ1) is 20.7. The summed E-state index contributed by atoms with van der Waals surface area (Å²) in [6.07, 6.45) is 4.19. The van der Waals surface area contributed by atoms with Crippen LogP contribution in [-0.2, 0) is 20.8 Å². The van der Waals surface area contributed by atoms with Crippen molar-refractivity contribution in [3.63, 3.8) is 0 Å². The molecule has 2 aromatic carbocycles. The highest BCUT2D eigenvalue weighted by molar-refractivity contribution is 6.21. The van der Waals surface area contributed by atoms with Crippen LogP contribution >= 0.6 is 0 Å². The molecule has 1 saturated carbocycles. The van der Waals surface area contributed by atoms with Crippen LogP contribution in [0, 0.1) is 17.8 Å². The number of nitrogens with zero attached hydrogens (tertiary/aromatic N) is 1. The molecule has 3 atom stereocenters. The maximum atomic E-state index is 13.9. The predicted molar refractivity (Wildman–Crippen MR) is 157 cm³/mol. The fraction of sp³-hybridized carbons (Fsp3) is 0.469. The number of carboxylic acids is 1. The van der Waals surface area contributed by atoms with Gasteiger partial charge in [-0.1, -0.05) is 31.4 Å².